The van der Waals surface area contributed by atoms with Crippen LogP contribution in [0.25, 0.3) is 11.1 Å². The highest BCUT2D eigenvalue weighted by molar-refractivity contribution is 7.90. The van der Waals surface area contributed by atoms with Gasteiger partial charge in [0.1, 0.15) is 11.4 Å². The lowest BCUT2D eigenvalue weighted by Crippen LogP contribution is -2.51. The van der Waals surface area contributed by atoms with Gasteiger partial charge in [-0.1, -0.05) is 65.1 Å². The number of hydrogen-bond donors (Lipinski definition) is 0. The Hall–Kier alpha value is -1.19. The number of rotatable bonds is 6. The molecule has 0 aliphatic carbocycles. The summed E-state index contributed by atoms with van der Waals surface area (Å²) in [7, 11) is -3.84. The van der Waals surface area contributed by atoms with Crippen molar-refractivity contribution in [2.45, 2.75) is 53.4 Å². The molecule has 0 radical (unpaired) electrons. The van der Waals surface area contributed by atoms with Crippen molar-refractivity contribution >= 4 is 44.6 Å². The fourth-order valence-corrected chi connectivity index (χ4v) is 6.71. The highest BCUT2D eigenvalue weighted by atomic mass is 35.6. The number of alkyl halides is 6. The van der Waals surface area contributed by atoms with E-state index in [1.54, 1.807) is 24.3 Å². The maximum absolute atomic E-state index is 12.4. The van der Waals surface area contributed by atoms with Crippen molar-refractivity contribution in [3.8, 4) is 16.9 Å². The van der Waals surface area contributed by atoms with E-state index in [0.717, 1.165) is 61.2 Å². The first-order valence-electron chi connectivity index (χ1n) is 11.7. The Balaban J connectivity index is 1.38. The molecule has 36 heavy (non-hydrogen) atoms. The molecule has 0 saturated carbocycles. The van der Waals surface area contributed by atoms with Crippen molar-refractivity contribution in [1.29, 1.82) is 0 Å². The van der Waals surface area contributed by atoms with E-state index in [0.29, 0.717) is 12.1 Å². The van der Waals surface area contributed by atoms with E-state index in [9.17, 15) is 21.6 Å². The molecule has 11 heteroatoms. The molecule has 0 bridgehead atoms. The van der Waals surface area contributed by atoms with Crippen LogP contribution in [0, 0.1) is 0 Å². The molecule has 0 atom stereocenters. The number of ether oxygens (including phenoxy) is 1. The Labute approximate surface area is 224 Å². The number of aryl methyl sites for hydroxylation is 1. The number of fused-ring (bicyclic) bond motifs is 1. The molecule has 1 spiro atoms. The average Bonchev–Trinajstić information content (AvgIpc) is 2.78. The molecule has 1 fully saturated rings. The molecular weight excluding hydrogens is 558 g/mol. The minimum Gasteiger partial charge on any atom is -0.487 e. The minimum atomic E-state index is -4.49. The summed E-state index contributed by atoms with van der Waals surface area (Å²) in [5.74, 6) is -0.454. The SMILES string of the molecule is O=S(=O)(CCC(F)(F)F)Cc1ccc(-c2ccc3c(c2)CCC2(CCN(CC(Cl)(Cl)Cl)CC2)O3)cc1. The molecule has 1 saturated heterocycles. The molecular formula is C25H27Cl3F3NO3S. The molecule has 0 unspecified atom stereocenters. The third-order valence-corrected chi connectivity index (χ3v) is 8.74. The Bertz CT molecular complexity index is 1170. The molecule has 198 valence electrons. The topological polar surface area (TPSA) is 46.6 Å². The van der Waals surface area contributed by atoms with Crippen LogP contribution in [0.2, 0.25) is 0 Å². The summed E-state index contributed by atoms with van der Waals surface area (Å²) in [5.41, 5.74) is 3.23. The largest absolute Gasteiger partial charge is 0.487 e. The van der Waals surface area contributed by atoms with Gasteiger partial charge in [-0.2, -0.15) is 13.2 Å². The molecule has 2 aliphatic rings. The van der Waals surface area contributed by atoms with Crippen molar-refractivity contribution in [3.63, 3.8) is 0 Å². The van der Waals surface area contributed by atoms with Gasteiger partial charge in [0.2, 0.25) is 3.79 Å². The van der Waals surface area contributed by atoms with Crippen LogP contribution < -0.4 is 4.74 Å². The molecule has 0 N–H and O–H groups in total. The zero-order valence-electron chi connectivity index (χ0n) is 19.5. The van der Waals surface area contributed by atoms with E-state index < -0.39 is 37.7 Å². The van der Waals surface area contributed by atoms with E-state index in [-0.39, 0.29) is 5.60 Å². The maximum atomic E-state index is 12.4. The summed E-state index contributed by atoms with van der Waals surface area (Å²) >= 11 is 17.8. The van der Waals surface area contributed by atoms with Crippen LogP contribution in [0.15, 0.2) is 42.5 Å². The normalized spacial score (nSPS) is 18.6. The van der Waals surface area contributed by atoms with Gasteiger partial charge in [-0.25, -0.2) is 8.42 Å². The van der Waals surface area contributed by atoms with Crippen LogP contribution >= 0.6 is 34.8 Å². The van der Waals surface area contributed by atoms with Gasteiger partial charge in [0.15, 0.2) is 9.84 Å². The summed E-state index contributed by atoms with van der Waals surface area (Å²) in [6.45, 7) is 2.01. The van der Waals surface area contributed by atoms with Crippen LogP contribution in [0.1, 0.15) is 36.8 Å². The van der Waals surface area contributed by atoms with Crippen molar-refractivity contribution in [3.05, 3.63) is 53.6 Å². The molecule has 4 nitrogen and oxygen atoms in total. The van der Waals surface area contributed by atoms with Crippen LogP contribution in [-0.2, 0) is 22.0 Å². The maximum Gasteiger partial charge on any atom is 0.390 e. The second-order valence-corrected chi connectivity index (χ2v) is 14.4. The second kappa shape index (κ2) is 10.5. The molecule has 2 aromatic rings. The summed E-state index contributed by atoms with van der Waals surface area (Å²) in [4.78, 5) is 2.14. The van der Waals surface area contributed by atoms with Crippen LogP contribution in [0.3, 0.4) is 0 Å². The lowest BCUT2D eigenvalue weighted by molar-refractivity contribution is -0.129. The monoisotopic (exact) mass is 583 g/mol. The van der Waals surface area contributed by atoms with Crippen molar-refractivity contribution in [2.24, 2.45) is 0 Å². The second-order valence-electron chi connectivity index (χ2n) is 9.65. The Morgan fingerprint density at radius 2 is 1.58 bits per heavy atom. The van der Waals surface area contributed by atoms with Gasteiger partial charge in [0.25, 0.3) is 0 Å². The van der Waals surface area contributed by atoms with E-state index in [1.807, 2.05) is 12.1 Å². The number of likely N-dealkylation sites (tertiary alicyclic amines) is 1. The minimum absolute atomic E-state index is 0.210. The number of piperidine rings is 1. The summed E-state index contributed by atoms with van der Waals surface area (Å²) in [6, 6.07) is 12.9. The predicted octanol–water partition coefficient (Wildman–Crippen LogP) is 6.75. The van der Waals surface area contributed by atoms with Crippen molar-refractivity contribution < 1.29 is 26.3 Å². The first-order chi connectivity index (χ1) is 16.7. The van der Waals surface area contributed by atoms with Gasteiger partial charge in [0, 0.05) is 19.6 Å². The lowest BCUT2D eigenvalue weighted by atomic mass is 9.82. The van der Waals surface area contributed by atoms with E-state index >= 15 is 0 Å². The molecule has 2 aliphatic heterocycles. The van der Waals surface area contributed by atoms with Gasteiger partial charge in [-0.3, -0.25) is 4.90 Å². The number of hydrogen-bond acceptors (Lipinski definition) is 4. The first-order valence-corrected chi connectivity index (χ1v) is 14.6. The number of nitrogens with zero attached hydrogens (tertiary/aromatic N) is 1. The lowest BCUT2D eigenvalue weighted by Gasteiger charge is -2.45. The van der Waals surface area contributed by atoms with E-state index in [4.69, 9.17) is 39.5 Å². The Morgan fingerprint density at radius 1 is 0.944 bits per heavy atom. The van der Waals surface area contributed by atoms with Gasteiger partial charge in [-0.05, 0) is 60.1 Å². The summed E-state index contributed by atoms with van der Waals surface area (Å²) < 4.78 is 66.4. The quantitative estimate of drug-likeness (QED) is 0.353. The molecule has 4 rings (SSSR count). The average molecular weight is 585 g/mol. The number of sulfone groups is 1. The number of halogens is 6. The zero-order valence-corrected chi connectivity index (χ0v) is 22.5. The molecule has 2 heterocycles. The highest BCUT2D eigenvalue weighted by Crippen LogP contribution is 2.41. The first kappa shape index (κ1) is 27.8. The molecule has 2 aromatic carbocycles. The fourth-order valence-electron chi connectivity index (χ4n) is 4.82. The Morgan fingerprint density at radius 3 is 2.19 bits per heavy atom. The highest BCUT2D eigenvalue weighted by Gasteiger charge is 2.40. The van der Waals surface area contributed by atoms with Crippen molar-refractivity contribution in [2.75, 3.05) is 25.4 Å². The third-order valence-electron chi connectivity index (χ3n) is 6.78. The summed E-state index contributed by atoms with van der Waals surface area (Å²) in [6.07, 6.45) is -2.32. The Kier molecular flexibility index (Phi) is 8.14. The van der Waals surface area contributed by atoms with Gasteiger partial charge < -0.3 is 4.74 Å². The molecule has 0 aromatic heterocycles. The smallest absolute Gasteiger partial charge is 0.390 e. The van der Waals surface area contributed by atoms with Gasteiger partial charge in [0.05, 0.1) is 17.9 Å². The van der Waals surface area contributed by atoms with Crippen molar-refractivity contribution in [1.82, 2.24) is 4.90 Å². The summed E-state index contributed by atoms with van der Waals surface area (Å²) in [5, 5.41) is 0. The van der Waals surface area contributed by atoms with Crippen LogP contribution in [0.4, 0.5) is 13.2 Å². The van der Waals surface area contributed by atoms with Crippen LogP contribution in [-0.4, -0.2) is 54.3 Å². The zero-order chi connectivity index (χ0) is 26.2. The van der Waals surface area contributed by atoms with Crippen LogP contribution in [0.5, 0.6) is 5.75 Å². The van der Waals surface area contributed by atoms with Gasteiger partial charge >= 0.3 is 6.18 Å². The molecule has 0 amide bonds. The fraction of sp³-hybridized carbons (Fsp3) is 0.520. The third kappa shape index (κ3) is 7.67. The van der Waals surface area contributed by atoms with E-state index in [1.165, 1.54) is 0 Å². The standard InChI is InChI=1S/C25H27Cl3F3NO3S/c26-24(27,28)17-32-12-9-23(10-13-32)8-7-21-15-20(5-6-22(21)35-23)19-3-1-18(2-4-19)16-36(33,34)14-11-25(29,30)31/h1-6,15H,7-14,16-17H2. The van der Waals surface area contributed by atoms with Gasteiger partial charge in [-0.15, -0.1) is 0 Å². The predicted molar refractivity (Wildman–Crippen MR) is 138 cm³/mol. The van der Waals surface area contributed by atoms with E-state index in [2.05, 4.69) is 11.0 Å². The number of benzene rings is 2.